The van der Waals surface area contributed by atoms with Gasteiger partial charge in [-0.1, -0.05) is 35.3 Å². The van der Waals surface area contributed by atoms with E-state index in [-0.39, 0.29) is 6.04 Å². The van der Waals surface area contributed by atoms with Crippen LogP contribution in [-0.2, 0) is 6.42 Å². The Kier molecular flexibility index (Phi) is 4.12. The number of hydrogen-bond acceptors (Lipinski definition) is 3. The minimum Gasteiger partial charge on any atom is -0.271 e. The Bertz CT molecular complexity index is 749. The highest BCUT2D eigenvalue weighted by Gasteiger charge is 2.18. The van der Waals surface area contributed by atoms with Gasteiger partial charge in [0.15, 0.2) is 0 Å². The van der Waals surface area contributed by atoms with Crippen LogP contribution < -0.4 is 11.3 Å². The number of pyridine rings is 1. The smallest absolute Gasteiger partial charge is 0.0710 e. The number of aromatic nitrogens is 2. The second-order valence-corrected chi connectivity index (χ2v) is 5.57. The lowest BCUT2D eigenvalue weighted by atomic mass is 10.0. The van der Waals surface area contributed by atoms with Crippen molar-refractivity contribution in [3.8, 4) is 0 Å². The first-order chi connectivity index (χ1) is 10.2. The summed E-state index contributed by atoms with van der Waals surface area (Å²) in [4.78, 5) is 0. The third-order valence-electron chi connectivity index (χ3n) is 3.50. The number of rotatable bonds is 4. The molecule has 1 atom stereocenters. The van der Waals surface area contributed by atoms with Crippen molar-refractivity contribution in [1.82, 2.24) is 15.0 Å². The van der Waals surface area contributed by atoms with Gasteiger partial charge in [-0.2, -0.15) is 5.10 Å². The molecular weight excluding hydrogens is 307 g/mol. The molecule has 3 N–H and O–H groups in total. The van der Waals surface area contributed by atoms with Gasteiger partial charge >= 0.3 is 0 Å². The van der Waals surface area contributed by atoms with E-state index in [1.807, 2.05) is 53.3 Å². The number of nitrogens with two attached hydrogens (primary N) is 1. The Morgan fingerprint density at radius 2 is 1.90 bits per heavy atom. The van der Waals surface area contributed by atoms with Crippen molar-refractivity contribution in [3.63, 3.8) is 0 Å². The van der Waals surface area contributed by atoms with Crippen molar-refractivity contribution in [3.05, 3.63) is 70.0 Å². The molecule has 0 amide bonds. The summed E-state index contributed by atoms with van der Waals surface area (Å²) in [7, 11) is 0. The van der Waals surface area contributed by atoms with Gasteiger partial charge in [-0.15, -0.1) is 0 Å². The van der Waals surface area contributed by atoms with Gasteiger partial charge in [0.05, 0.1) is 17.8 Å². The summed E-state index contributed by atoms with van der Waals surface area (Å²) in [6.07, 6.45) is 4.30. The van der Waals surface area contributed by atoms with Crippen LogP contribution in [0.4, 0.5) is 0 Å². The van der Waals surface area contributed by atoms with E-state index in [0.29, 0.717) is 16.5 Å². The molecule has 2 heterocycles. The van der Waals surface area contributed by atoms with E-state index in [1.54, 1.807) is 0 Å². The molecule has 21 heavy (non-hydrogen) atoms. The van der Waals surface area contributed by atoms with Crippen LogP contribution in [0, 0.1) is 0 Å². The summed E-state index contributed by atoms with van der Waals surface area (Å²) < 4.78 is 1.81. The molecule has 0 aliphatic rings. The molecule has 3 aromatic rings. The molecule has 108 valence electrons. The molecule has 0 spiro atoms. The van der Waals surface area contributed by atoms with Crippen LogP contribution in [0.3, 0.4) is 0 Å². The molecule has 0 fully saturated rings. The number of fused-ring (bicyclic) bond motifs is 1. The van der Waals surface area contributed by atoms with Crippen LogP contribution in [0.2, 0.25) is 10.0 Å². The minimum absolute atomic E-state index is 0.123. The second-order valence-electron chi connectivity index (χ2n) is 4.75. The average Bonchev–Trinajstić information content (AvgIpc) is 2.91. The maximum atomic E-state index is 6.24. The largest absolute Gasteiger partial charge is 0.271 e. The van der Waals surface area contributed by atoms with E-state index >= 15 is 0 Å². The van der Waals surface area contributed by atoms with Crippen LogP contribution in [0.15, 0.2) is 48.8 Å². The molecule has 4 nitrogen and oxygen atoms in total. The monoisotopic (exact) mass is 320 g/mol. The van der Waals surface area contributed by atoms with Crippen molar-refractivity contribution in [2.75, 3.05) is 0 Å². The summed E-state index contributed by atoms with van der Waals surface area (Å²) in [6, 6.07) is 11.3. The summed E-state index contributed by atoms with van der Waals surface area (Å²) in [5.41, 5.74) is 5.71. The van der Waals surface area contributed by atoms with E-state index in [9.17, 15) is 0 Å². The molecule has 0 aliphatic heterocycles. The van der Waals surface area contributed by atoms with Gasteiger partial charge in [0, 0.05) is 21.8 Å². The number of hydrazine groups is 1. The number of nitrogens with zero attached hydrogens (tertiary/aromatic N) is 2. The number of halogens is 2. The zero-order chi connectivity index (χ0) is 14.8. The average molecular weight is 321 g/mol. The Balaban J connectivity index is 1.99. The van der Waals surface area contributed by atoms with Crippen molar-refractivity contribution >= 4 is 28.7 Å². The fourth-order valence-electron chi connectivity index (χ4n) is 2.41. The predicted molar refractivity (Wildman–Crippen MR) is 85.4 cm³/mol. The van der Waals surface area contributed by atoms with Gasteiger partial charge in [-0.05, 0) is 36.2 Å². The summed E-state index contributed by atoms with van der Waals surface area (Å²) in [5, 5.41) is 5.61. The van der Waals surface area contributed by atoms with Gasteiger partial charge in [-0.3, -0.25) is 11.3 Å². The number of benzene rings is 1. The van der Waals surface area contributed by atoms with Crippen LogP contribution in [-0.4, -0.2) is 9.61 Å². The first-order valence-electron chi connectivity index (χ1n) is 6.52. The highest BCUT2D eigenvalue weighted by atomic mass is 35.5. The molecule has 0 radical (unpaired) electrons. The SMILES string of the molecule is NNC(Cc1c(Cl)cccc1Cl)c1cnn2ccccc12. The summed E-state index contributed by atoms with van der Waals surface area (Å²) >= 11 is 12.5. The molecule has 2 aromatic heterocycles. The highest BCUT2D eigenvalue weighted by molar-refractivity contribution is 6.36. The predicted octanol–water partition coefficient (Wildman–Crippen LogP) is 3.39. The summed E-state index contributed by atoms with van der Waals surface area (Å²) in [5.74, 6) is 5.73. The Labute approximate surface area is 132 Å². The Morgan fingerprint density at radius 1 is 1.14 bits per heavy atom. The van der Waals surface area contributed by atoms with E-state index in [1.165, 1.54) is 0 Å². The Hall–Kier alpha value is -1.59. The van der Waals surface area contributed by atoms with E-state index in [2.05, 4.69) is 10.5 Å². The van der Waals surface area contributed by atoms with Crippen LogP contribution in [0.1, 0.15) is 17.2 Å². The van der Waals surface area contributed by atoms with Gasteiger partial charge in [-0.25, -0.2) is 4.52 Å². The first-order valence-corrected chi connectivity index (χ1v) is 7.27. The van der Waals surface area contributed by atoms with E-state index in [4.69, 9.17) is 29.0 Å². The third kappa shape index (κ3) is 2.76. The van der Waals surface area contributed by atoms with Crippen LogP contribution >= 0.6 is 23.2 Å². The van der Waals surface area contributed by atoms with Gasteiger partial charge in [0.1, 0.15) is 0 Å². The lowest BCUT2D eigenvalue weighted by Gasteiger charge is -2.17. The summed E-state index contributed by atoms with van der Waals surface area (Å²) in [6.45, 7) is 0. The zero-order valence-corrected chi connectivity index (χ0v) is 12.6. The van der Waals surface area contributed by atoms with Crippen LogP contribution in [0.25, 0.3) is 5.52 Å². The van der Waals surface area contributed by atoms with Crippen molar-refractivity contribution in [1.29, 1.82) is 0 Å². The highest BCUT2D eigenvalue weighted by Crippen LogP contribution is 2.30. The van der Waals surface area contributed by atoms with Gasteiger partial charge in [0.2, 0.25) is 0 Å². The second kappa shape index (κ2) is 6.03. The number of hydrogen-bond donors (Lipinski definition) is 2. The number of nitrogens with one attached hydrogen (secondary N) is 1. The molecular formula is C15H14Cl2N4. The zero-order valence-electron chi connectivity index (χ0n) is 11.1. The maximum absolute atomic E-state index is 6.24. The Morgan fingerprint density at radius 3 is 2.62 bits per heavy atom. The molecule has 0 saturated heterocycles. The third-order valence-corrected chi connectivity index (χ3v) is 4.21. The molecule has 6 heteroatoms. The van der Waals surface area contributed by atoms with Crippen molar-refractivity contribution in [2.45, 2.75) is 12.5 Å². The molecule has 0 aliphatic carbocycles. The fourth-order valence-corrected chi connectivity index (χ4v) is 2.96. The topological polar surface area (TPSA) is 55.3 Å². The normalized spacial score (nSPS) is 12.7. The van der Waals surface area contributed by atoms with Crippen molar-refractivity contribution < 1.29 is 0 Å². The standard InChI is InChI=1S/C15H14Cl2N4/c16-12-4-3-5-13(17)10(12)8-14(20-18)11-9-19-21-7-2-1-6-15(11)21/h1-7,9,14,20H,8,18H2. The van der Waals surface area contributed by atoms with Crippen LogP contribution in [0.5, 0.6) is 0 Å². The van der Waals surface area contributed by atoms with E-state index < -0.39 is 0 Å². The molecule has 0 bridgehead atoms. The molecule has 1 aromatic carbocycles. The van der Waals surface area contributed by atoms with Gasteiger partial charge in [0.25, 0.3) is 0 Å². The lowest BCUT2D eigenvalue weighted by Crippen LogP contribution is -2.29. The fraction of sp³-hybridized carbons (Fsp3) is 0.133. The molecule has 0 saturated carbocycles. The molecule has 1 unspecified atom stereocenters. The quantitative estimate of drug-likeness (QED) is 0.572. The maximum Gasteiger partial charge on any atom is 0.0710 e. The first kappa shape index (κ1) is 14.4. The van der Waals surface area contributed by atoms with Crippen molar-refractivity contribution in [2.24, 2.45) is 5.84 Å². The molecule has 3 rings (SSSR count). The lowest BCUT2D eigenvalue weighted by molar-refractivity contribution is 0.555. The van der Waals surface area contributed by atoms with Gasteiger partial charge < -0.3 is 0 Å². The minimum atomic E-state index is -0.123. The van der Waals surface area contributed by atoms with E-state index in [0.717, 1.165) is 16.6 Å².